The lowest BCUT2D eigenvalue weighted by atomic mass is 10.0. The number of aromatic nitrogens is 4. The summed E-state index contributed by atoms with van der Waals surface area (Å²) < 4.78 is 14.2. The van der Waals surface area contributed by atoms with Crippen LogP contribution in [0.3, 0.4) is 0 Å². The first-order valence-electron chi connectivity index (χ1n) is 13.4. The minimum absolute atomic E-state index is 0.210. The molecule has 2 aromatic heterocycles. The number of carboxylic acids is 1. The standard InChI is InChI=1S/C30H31ClN4O4/c1-18(29(36)37)11-14-38-21-9-10-23(24(31)15-21)26-34-25-27(32-17-33-28(25)39-30(2)12-13-30)35(26)16-20-5-3-4-6-22(20)19-7-8-19/h3-6,9-10,15,17-19H,7-8,11-14,16H2,1-2H3,(H,36,37)/t18-/m1/s1. The van der Waals surface area contributed by atoms with E-state index in [2.05, 4.69) is 45.7 Å². The molecule has 0 bridgehead atoms. The van der Waals surface area contributed by atoms with Crippen LogP contribution in [0.5, 0.6) is 11.6 Å². The summed E-state index contributed by atoms with van der Waals surface area (Å²) in [4.78, 5) is 25.2. The lowest BCUT2D eigenvalue weighted by molar-refractivity contribution is -0.141. The third kappa shape index (κ3) is 5.43. The van der Waals surface area contributed by atoms with E-state index in [1.165, 1.54) is 30.3 Å². The Kier molecular flexibility index (Phi) is 6.67. The number of fused-ring (bicyclic) bond motifs is 1. The number of hydrogen-bond acceptors (Lipinski definition) is 6. The quantitative estimate of drug-likeness (QED) is 0.229. The number of rotatable bonds is 11. The Balaban J connectivity index is 1.38. The van der Waals surface area contributed by atoms with Gasteiger partial charge in [-0.25, -0.2) is 9.97 Å². The predicted molar refractivity (Wildman–Crippen MR) is 148 cm³/mol. The van der Waals surface area contributed by atoms with Gasteiger partial charge >= 0.3 is 5.97 Å². The van der Waals surface area contributed by atoms with E-state index >= 15 is 0 Å². The van der Waals surface area contributed by atoms with Crippen LogP contribution in [0.1, 0.15) is 63.0 Å². The molecule has 1 N–H and O–H groups in total. The van der Waals surface area contributed by atoms with Gasteiger partial charge in [0.2, 0.25) is 5.88 Å². The molecule has 2 aliphatic carbocycles. The van der Waals surface area contributed by atoms with Crippen molar-refractivity contribution in [1.82, 2.24) is 19.5 Å². The third-order valence-electron chi connectivity index (χ3n) is 7.62. The van der Waals surface area contributed by atoms with E-state index in [9.17, 15) is 4.79 Å². The number of nitrogens with zero attached hydrogens (tertiary/aromatic N) is 4. The van der Waals surface area contributed by atoms with E-state index < -0.39 is 11.9 Å². The molecule has 6 rings (SSSR count). The monoisotopic (exact) mass is 546 g/mol. The number of ether oxygens (including phenoxy) is 2. The second kappa shape index (κ2) is 10.2. The van der Waals surface area contributed by atoms with E-state index in [4.69, 9.17) is 31.2 Å². The van der Waals surface area contributed by atoms with Gasteiger partial charge in [0.1, 0.15) is 23.5 Å². The van der Waals surface area contributed by atoms with E-state index in [1.807, 2.05) is 12.1 Å². The number of imidazole rings is 1. The lowest BCUT2D eigenvalue weighted by Gasteiger charge is -2.14. The summed E-state index contributed by atoms with van der Waals surface area (Å²) >= 11 is 6.81. The van der Waals surface area contributed by atoms with E-state index in [1.54, 1.807) is 13.0 Å². The van der Waals surface area contributed by atoms with Crippen LogP contribution in [0.4, 0.5) is 0 Å². The van der Waals surface area contributed by atoms with E-state index in [0.29, 0.717) is 52.5 Å². The summed E-state index contributed by atoms with van der Waals surface area (Å²) in [5.74, 6) is 1.03. The first-order chi connectivity index (χ1) is 18.8. The Labute approximate surface area is 232 Å². The van der Waals surface area contributed by atoms with Crippen LogP contribution >= 0.6 is 11.6 Å². The molecule has 2 aromatic carbocycles. The topological polar surface area (TPSA) is 99.4 Å². The van der Waals surface area contributed by atoms with Crippen LogP contribution in [0.2, 0.25) is 5.02 Å². The average molecular weight is 547 g/mol. The third-order valence-corrected chi connectivity index (χ3v) is 7.93. The number of hydrogen-bond donors (Lipinski definition) is 1. The zero-order chi connectivity index (χ0) is 27.1. The Morgan fingerprint density at radius 1 is 1.21 bits per heavy atom. The SMILES string of the molecule is C[C@H](CCOc1ccc(-c2nc3c(OC4(C)CC4)ncnc3n2Cc2ccccc2C2CC2)c(Cl)c1)C(=O)O. The van der Waals surface area contributed by atoms with Gasteiger partial charge in [0, 0.05) is 5.56 Å². The van der Waals surface area contributed by atoms with Gasteiger partial charge in [-0.05, 0) is 74.3 Å². The predicted octanol–water partition coefficient (Wildman–Crippen LogP) is 6.49. The average Bonchev–Trinajstić information content (AvgIpc) is 3.85. The molecule has 1 atom stereocenters. The second-order valence-corrected chi connectivity index (χ2v) is 11.3. The summed E-state index contributed by atoms with van der Waals surface area (Å²) in [6.07, 6.45) is 6.34. The van der Waals surface area contributed by atoms with Crippen LogP contribution in [0.25, 0.3) is 22.6 Å². The Hall–Kier alpha value is -3.65. The van der Waals surface area contributed by atoms with Gasteiger partial charge in [0.15, 0.2) is 11.2 Å². The maximum Gasteiger partial charge on any atom is 0.306 e. The molecule has 2 fully saturated rings. The molecule has 0 saturated heterocycles. The van der Waals surface area contributed by atoms with Gasteiger partial charge in [0.25, 0.3) is 0 Å². The van der Waals surface area contributed by atoms with Gasteiger partial charge in [-0.2, -0.15) is 4.98 Å². The summed E-state index contributed by atoms with van der Waals surface area (Å²) in [5, 5.41) is 9.59. The highest BCUT2D eigenvalue weighted by Crippen LogP contribution is 2.43. The van der Waals surface area contributed by atoms with Crippen LogP contribution in [0.15, 0.2) is 48.8 Å². The molecule has 202 valence electrons. The van der Waals surface area contributed by atoms with Gasteiger partial charge < -0.3 is 19.1 Å². The Bertz CT molecular complexity index is 1540. The Morgan fingerprint density at radius 3 is 2.72 bits per heavy atom. The number of aliphatic carboxylic acids is 1. The number of halogens is 1. The smallest absolute Gasteiger partial charge is 0.306 e. The van der Waals surface area contributed by atoms with Crippen molar-refractivity contribution < 1.29 is 19.4 Å². The number of benzene rings is 2. The summed E-state index contributed by atoms with van der Waals surface area (Å²) in [6.45, 7) is 4.62. The van der Waals surface area contributed by atoms with Crippen molar-refractivity contribution in [3.05, 3.63) is 64.9 Å². The molecule has 9 heteroatoms. The second-order valence-electron chi connectivity index (χ2n) is 10.9. The molecule has 0 radical (unpaired) electrons. The summed E-state index contributed by atoms with van der Waals surface area (Å²) in [6, 6.07) is 14.0. The van der Waals surface area contributed by atoms with Gasteiger partial charge in [0.05, 0.1) is 24.1 Å². The molecule has 0 aliphatic heterocycles. The molecule has 0 amide bonds. The largest absolute Gasteiger partial charge is 0.494 e. The van der Waals surface area contributed by atoms with Crippen molar-refractivity contribution in [3.63, 3.8) is 0 Å². The normalized spacial score (nSPS) is 16.7. The number of carbonyl (C=O) groups is 1. The lowest BCUT2D eigenvalue weighted by Crippen LogP contribution is -2.13. The molecule has 2 heterocycles. The fraction of sp³-hybridized carbons (Fsp3) is 0.400. The van der Waals surface area contributed by atoms with Crippen molar-refractivity contribution in [2.75, 3.05) is 6.61 Å². The first kappa shape index (κ1) is 25.6. The molecule has 0 unspecified atom stereocenters. The molecule has 0 spiro atoms. The number of carboxylic acid groups (broad SMARTS) is 1. The van der Waals surface area contributed by atoms with Crippen LogP contribution in [0, 0.1) is 5.92 Å². The van der Waals surface area contributed by atoms with Crippen molar-refractivity contribution in [3.8, 4) is 23.0 Å². The Morgan fingerprint density at radius 2 is 2.00 bits per heavy atom. The van der Waals surface area contributed by atoms with Crippen LogP contribution in [-0.4, -0.2) is 42.8 Å². The molecular weight excluding hydrogens is 516 g/mol. The van der Waals surface area contributed by atoms with Crippen LogP contribution < -0.4 is 9.47 Å². The van der Waals surface area contributed by atoms with Crippen molar-refractivity contribution >= 4 is 28.7 Å². The van der Waals surface area contributed by atoms with Gasteiger partial charge in [-0.15, -0.1) is 0 Å². The molecule has 39 heavy (non-hydrogen) atoms. The highest BCUT2D eigenvalue weighted by molar-refractivity contribution is 6.33. The van der Waals surface area contributed by atoms with Crippen molar-refractivity contribution in [2.45, 2.75) is 64.0 Å². The van der Waals surface area contributed by atoms with Crippen molar-refractivity contribution in [2.24, 2.45) is 5.92 Å². The first-order valence-corrected chi connectivity index (χ1v) is 13.8. The molecular formula is C30H31ClN4O4. The highest BCUT2D eigenvalue weighted by atomic mass is 35.5. The van der Waals surface area contributed by atoms with Gasteiger partial charge in [-0.3, -0.25) is 4.79 Å². The van der Waals surface area contributed by atoms with E-state index in [0.717, 1.165) is 18.4 Å². The highest BCUT2D eigenvalue weighted by Gasteiger charge is 2.41. The van der Waals surface area contributed by atoms with Crippen LogP contribution in [-0.2, 0) is 11.3 Å². The molecule has 8 nitrogen and oxygen atoms in total. The molecule has 4 aromatic rings. The maximum absolute atomic E-state index is 11.1. The minimum Gasteiger partial charge on any atom is -0.494 e. The van der Waals surface area contributed by atoms with E-state index in [-0.39, 0.29) is 12.2 Å². The van der Waals surface area contributed by atoms with Gasteiger partial charge in [-0.1, -0.05) is 42.8 Å². The molecule has 2 aliphatic rings. The fourth-order valence-electron chi connectivity index (χ4n) is 4.74. The zero-order valence-electron chi connectivity index (χ0n) is 22.1. The fourth-order valence-corrected chi connectivity index (χ4v) is 5.00. The molecule has 2 saturated carbocycles. The summed E-state index contributed by atoms with van der Waals surface area (Å²) in [7, 11) is 0. The summed E-state index contributed by atoms with van der Waals surface area (Å²) in [5.41, 5.74) is 4.45. The van der Waals surface area contributed by atoms with Crippen molar-refractivity contribution in [1.29, 1.82) is 0 Å². The minimum atomic E-state index is -0.837. The zero-order valence-corrected chi connectivity index (χ0v) is 22.8. The maximum atomic E-state index is 11.1.